The summed E-state index contributed by atoms with van der Waals surface area (Å²) in [5, 5.41) is 14.1. The molecule has 5 nitrogen and oxygen atoms in total. The average Bonchev–Trinajstić information content (AvgIpc) is 2.93. The molecule has 1 unspecified atom stereocenters. The molecule has 0 fully saturated rings. The van der Waals surface area contributed by atoms with Gasteiger partial charge in [-0.2, -0.15) is 0 Å². The number of thiophene rings is 1. The van der Waals surface area contributed by atoms with Gasteiger partial charge in [-0.1, -0.05) is 5.92 Å². The third-order valence-corrected chi connectivity index (χ3v) is 5.03. The van der Waals surface area contributed by atoms with Gasteiger partial charge < -0.3 is 15.3 Å². The highest BCUT2D eigenvalue weighted by atomic mass is 32.2. The fraction of sp³-hybridized carbons (Fsp3) is 0.429. The number of thioether (sulfide) groups is 1. The molecule has 7 heteroatoms. The second-order valence-corrected chi connectivity index (χ2v) is 6.58. The van der Waals surface area contributed by atoms with Crippen molar-refractivity contribution in [2.45, 2.75) is 12.5 Å². The Morgan fingerprint density at radius 3 is 3.14 bits per heavy atom. The molecule has 2 rings (SSSR count). The number of fused-ring (bicyclic) bond motifs is 1. The number of nitrogens with zero attached hydrogens (tertiary/aromatic N) is 1. The first-order valence-corrected chi connectivity index (χ1v) is 8.53. The van der Waals surface area contributed by atoms with Gasteiger partial charge in [0.15, 0.2) is 6.04 Å². The summed E-state index contributed by atoms with van der Waals surface area (Å²) >= 11 is 3.10. The highest BCUT2D eigenvalue weighted by molar-refractivity contribution is 7.99. The lowest BCUT2D eigenvalue weighted by Gasteiger charge is -2.33. The molecular formula is C14H16N2O3S2. The number of rotatable bonds is 5. The van der Waals surface area contributed by atoms with Gasteiger partial charge in [-0.25, -0.2) is 9.59 Å². The minimum atomic E-state index is -0.994. The second kappa shape index (κ2) is 7.38. The number of aliphatic carboxylic acids is 1. The van der Waals surface area contributed by atoms with E-state index < -0.39 is 12.0 Å². The van der Waals surface area contributed by atoms with Crippen LogP contribution in [-0.2, 0) is 11.2 Å². The van der Waals surface area contributed by atoms with Crippen molar-refractivity contribution in [3.05, 3.63) is 21.9 Å². The van der Waals surface area contributed by atoms with Crippen molar-refractivity contribution in [3.63, 3.8) is 0 Å². The maximum atomic E-state index is 12.2. The Kier molecular flexibility index (Phi) is 5.53. The van der Waals surface area contributed by atoms with E-state index in [0.717, 1.165) is 10.4 Å². The largest absolute Gasteiger partial charge is 0.479 e. The van der Waals surface area contributed by atoms with E-state index in [1.54, 1.807) is 29.2 Å². The van der Waals surface area contributed by atoms with E-state index in [1.165, 1.54) is 4.90 Å². The van der Waals surface area contributed by atoms with E-state index in [4.69, 9.17) is 6.42 Å². The van der Waals surface area contributed by atoms with Crippen LogP contribution in [0.25, 0.3) is 0 Å². The lowest BCUT2D eigenvalue weighted by molar-refractivity contribution is -0.142. The quantitative estimate of drug-likeness (QED) is 0.640. The summed E-state index contributed by atoms with van der Waals surface area (Å²) in [6.45, 7) is 0.901. The Labute approximate surface area is 131 Å². The fourth-order valence-corrected chi connectivity index (χ4v) is 3.68. The number of terminal acetylenes is 1. The predicted molar refractivity (Wildman–Crippen MR) is 84.7 cm³/mol. The molecule has 1 atom stereocenters. The molecule has 2 amide bonds. The summed E-state index contributed by atoms with van der Waals surface area (Å²) in [7, 11) is 0. The summed E-state index contributed by atoms with van der Waals surface area (Å²) in [4.78, 5) is 26.1. The molecule has 1 aromatic heterocycles. The van der Waals surface area contributed by atoms with Crippen LogP contribution in [0, 0.1) is 12.3 Å². The molecule has 1 aromatic rings. The number of urea groups is 1. The Hall–Kier alpha value is -1.65. The molecule has 0 aromatic carbocycles. The van der Waals surface area contributed by atoms with E-state index in [-0.39, 0.29) is 6.03 Å². The molecule has 0 bridgehead atoms. The molecular weight excluding hydrogens is 308 g/mol. The standard InChI is InChI=1S/C14H16N2O3S2/c1-2-7-20-9-5-15-14(19)16-6-3-11-10(4-8-21-11)12(16)13(17)18/h1,4,8,12H,3,5-7,9H2,(H,15,19)(H,17,18). The first-order valence-electron chi connectivity index (χ1n) is 6.50. The number of amides is 2. The first kappa shape index (κ1) is 15.7. The van der Waals surface area contributed by atoms with E-state index >= 15 is 0 Å². The Morgan fingerprint density at radius 1 is 1.62 bits per heavy atom. The van der Waals surface area contributed by atoms with Crippen LogP contribution in [0.1, 0.15) is 16.5 Å². The van der Waals surface area contributed by atoms with E-state index in [1.807, 2.05) is 5.38 Å². The summed E-state index contributed by atoms with van der Waals surface area (Å²) in [5.41, 5.74) is 0.732. The van der Waals surface area contributed by atoms with Gasteiger partial charge in [-0.05, 0) is 23.4 Å². The number of carbonyl (C=O) groups excluding carboxylic acids is 1. The van der Waals surface area contributed by atoms with Crippen molar-refractivity contribution in [1.29, 1.82) is 0 Å². The van der Waals surface area contributed by atoms with Crippen molar-refractivity contribution >= 4 is 35.1 Å². The molecule has 0 saturated heterocycles. The van der Waals surface area contributed by atoms with Crippen LogP contribution >= 0.6 is 23.1 Å². The van der Waals surface area contributed by atoms with Crippen LogP contribution in [0.5, 0.6) is 0 Å². The minimum Gasteiger partial charge on any atom is -0.479 e. The summed E-state index contributed by atoms with van der Waals surface area (Å²) in [6.07, 6.45) is 5.85. The first-order chi connectivity index (χ1) is 10.1. The zero-order valence-electron chi connectivity index (χ0n) is 11.4. The van der Waals surface area contributed by atoms with Crippen molar-refractivity contribution in [1.82, 2.24) is 10.2 Å². The van der Waals surface area contributed by atoms with E-state index in [9.17, 15) is 14.7 Å². The molecule has 112 valence electrons. The lowest BCUT2D eigenvalue weighted by Crippen LogP contribution is -2.48. The van der Waals surface area contributed by atoms with Crippen molar-refractivity contribution < 1.29 is 14.7 Å². The van der Waals surface area contributed by atoms with Crippen LogP contribution in [0.15, 0.2) is 11.4 Å². The highest BCUT2D eigenvalue weighted by Gasteiger charge is 2.36. The minimum absolute atomic E-state index is 0.333. The summed E-state index contributed by atoms with van der Waals surface area (Å²) in [6, 6.07) is 0.569. The maximum absolute atomic E-state index is 12.2. The van der Waals surface area contributed by atoms with E-state index in [2.05, 4.69) is 11.2 Å². The van der Waals surface area contributed by atoms with Crippen molar-refractivity contribution in [3.8, 4) is 12.3 Å². The fourth-order valence-electron chi connectivity index (χ4n) is 2.26. The van der Waals surface area contributed by atoms with Gasteiger partial charge in [0.1, 0.15) is 0 Å². The maximum Gasteiger partial charge on any atom is 0.331 e. The molecule has 21 heavy (non-hydrogen) atoms. The van der Waals surface area contributed by atoms with Crippen molar-refractivity contribution in [2.24, 2.45) is 0 Å². The SMILES string of the molecule is C#CCSCCNC(=O)N1CCc2sccc2C1C(=O)O. The van der Waals surface area contributed by atoms with Crippen molar-refractivity contribution in [2.75, 3.05) is 24.6 Å². The monoisotopic (exact) mass is 324 g/mol. The number of carboxylic acid groups (broad SMARTS) is 1. The second-order valence-electron chi connectivity index (χ2n) is 4.47. The van der Waals surface area contributed by atoms with Crippen LogP contribution in [0.2, 0.25) is 0 Å². The normalized spacial score (nSPS) is 16.9. The third kappa shape index (κ3) is 3.71. The van der Waals surface area contributed by atoms with Crippen LogP contribution in [0.4, 0.5) is 4.79 Å². The Bertz CT molecular complexity index is 565. The molecule has 1 aliphatic rings. The van der Waals surface area contributed by atoms with Gasteiger partial charge in [-0.15, -0.1) is 29.5 Å². The molecule has 2 N–H and O–H groups in total. The summed E-state index contributed by atoms with van der Waals surface area (Å²) in [5.74, 6) is 2.84. The number of nitrogens with one attached hydrogen (secondary N) is 1. The highest BCUT2D eigenvalue weighted by Crippen LogP contribution is 2.33. The summed E-state index contributed by atoms with van der Waals surface area (Å²) < 4.78 is 0. The average molecular weight is 324 g/mol. The number of carbonyl (C=O) groups is 2. The van der Waals surface area contributed by atoms with Gasteiger partial charge in [0.2, 0.25) is 0 Å². The molecule has 2 heterocycles. The van der Waals surface area contributed by atoms with Gasteiger partial charge in [0.25, 0.3) is 0 Å². The van der Waals surface area contributed by atoms with Crippen LogP contribution < -0.4 is 5.32 Å². The third-order valence-electron chi connectivity index (χ3n) is 3.17. The lowest BCUT2D eigenvalue weighted by atomic mass is 10.0. The molecule has 0 spiro atoms. The zero-order chi connectivity index (χ0) is 15.2. The number of hydrogen-bond acceptors (Lipinski definition) is 4. The van der Waals surface area contributed by atoms with Gasteiger partial charge >= 0.3 is 12.0 Å². The van der Waals surface area contributed by atoms with Crippen LogP contribution in [-0.4, -0.2) is 46.6 Å². The Morgan fingerprint density at radius 2 is 2.43 bits per heavy atom. The van der Waals surface area contributed by atoms with Gasteiger partial charge in [0.05, 0.1) is 5.75 Å². The molecule has 0 radical (unpaired) electrons. The Balaban J connectivity index is 1.97. The molecule has 0 aliphatic carbocycles. The molecule has 0 saturated carbocycles. The van der Waals surface area contributed by atoms with Gasteiger partial charge in [-0.3, -0.25) is 0 Å². The van der Waals surface area contributed by atoms with Crippen LogP contribution in [0.3, 0.4) is 0 Å². The zero-order valence-corrected chi connectivity index (χ0v) is 13.0. The van der Waals surface area contributed by atoms with E-state index in [0.29, 0.717) is 31.0 Å². The topological polar surface area (TPSA) is 69.6 Å². The predicted octanol–water partition coefficient (Wildman–Crippen LogP) is 1.81. The smallest absolute Gasteiger partial charge is 0.331 e. The number of carboxylic acids is 1. The number of hydrogen-bond donors (Lipinski definition) is 2. The van der Waals surface area contributed by atoms with Gasteiger partial charge in [0, 0.05) is 23.7 Å². The molecule has 1 aliphatic heterocycles.